The topological polar surface area (TPSA) is 151 Å². The van der Waals surface area contributed by atoms with Gasteiger partial charge in [0, 0.05) is 13.1 Å². The second-order valence-corrected chi connectivity index (χ2v) is 13.4. The third-order valence-corrected chi connectivity index (χ3v) is 9.79. The molecule has 0 spiro atoms. The zero-order valence-corrected chi connectivity index (χ0v) is 28.9. The maximum Gasteiger partial charge on any atom is 0.245 e. The third kappa shape index (κ3) is 10.9. The van der Waals surface area contributed by atoms with Crippen LogP contribution in [0.4, 0.5) is 0 Å². The van der Waals surface area contributed by atoms with Gasteiger partial charge in [0.1, 0.15) is 17.9 Å². The second-order valence-electron chi connectivity index (χ2n) is 13.4. The molecule has 0 aliphatic heterocycles. The van der Waals surface area contributed by atoms with E-state index in [1.807, 2.05) is 49.4 Å². The number of aliphatic hydroxyl groups is 1. The summed E-state index contributed by atoms with van der Waals surface area (Å²) in [5, 5.41) is 18.5. The molecule has 1 aliphatic rings. The Morgan fingerprint density at radius 3 is 2.38 bits per heavy atom. The van der Waals surface area contributed by atoms with Gasteiger partial charge in [0.2, 0.25) is 17.7 Å². The Kier molecular flexibility index (Phi) is 14.9. The fourth-order valence-electron chi connectivity index (χ4n) is 6.72. The fourth-order valence-corrected chi connectivity index (χ4v) is 6.72. The van der Waals surface area contributed by atoms with Crippen molar-refractivity contribution in [2.75, 3.05) is 19.7 Å². The number of nitrogens with zero attached hydrogens (tertiary/aromatic N) is 2. The van der Waals surface area contributed by atoms with Crippen LogP contribution in [-0.4, -0.2) is 64.2 Å². The summed E-state index contributed by atoms with van der Waals surface area (Å²) in [5.74, 6) is -0.0361. The number of rotatable bonds is 19. The first kappa shape index (κ1) is 37.1. The van der Waals surface area contributed by atoms with Crippen molar-refractivity contribution in [2.24, 2.45) is 11.7 Å². The van der Waals surface area contributed by atoms with Crippen LogP contribution >= 0.6 is 0 Å². The number of nitrogens with one attached hydrogen (secondary N) is 3. The number of carbonyl (C=O) groups is 3. The average Bonchev–Trinajstić information content (AvgIpc) is 3.43. The molecule has 1 saturated carbocycles. The normalized spacial score (nSPS) is 15.5. The predicted octanol–water partition coefficient (Wildman–Crippen LogP) is 4.65. The van der Waals surface area contributed by atoms with E-state index in [2.05, 4.69) is 31.6 Å². The van der Waals surface area contributed by atoms with Gasteiger partial charge in [0.05, 0.1) is 23.6 Å². The first-order chi connectivity index (χ1) is 23.3. The maximum absolute atomic E-state index is 13.2. The lowest BCUT2D eigenvalue weighted by atomic mass is 9.87. The molecule has 0 radical (unpaired) electrons. The number of hydrogen-bond acceptors (Lipinski definition) is 6. The molecule has 1 aliphatic carbocycles. The number of benzene rings is 2. The molecule has 6 N–H and O–H groups in total. The summed E-state index contributed by atoms with van der Waals surface area (Å²) in [6.45, 7) is 5.25. The Balaban J connectivity index is 1.24. The van der Waals surface area contributed by atoms with Crippen LogP contribution < -0.4 is 21.7 Å². The Labute approximate surface area is 285 Å². The highest BCUT2D eigenvalue weighted by Gasteiger charge is 2.28. The van der Waals surface area contributed by atoms with Crippen molar-refractivity contribution >= 4 is 28.8 Å². The van der Waals surface area contributed by atoms with Crippen LogP contribution in [0.25, 0.3) is 11.0 Å². The molecule has 4 rings (SSSR count). The molecule has 10 heteroatoms. The molecule has 0 saturated heterocycles. The van der Waals surface area contributed by atoms with Gasteiger partial charge >= 0.3 is 0 Å². The molecule has 3 aromatic rings. The van der Waals surface area contributed by atoms with Crippen molar-refractivity contribution in [3.05, 3.63) is 65.5 Å². The summed E-state index contributed by atoms with van der Waals surface area (Å²) in [6.07, 6.45) is 12.0. The van der Waals surface area contributed by atoms with E-state index < -0.39 is 30.5 Å². The number of fused-ring (bicyclic) bond motifs is 1. The van der Waals surface area contributed by atoms with E-state index in [-0.39, 0.29) is 11.8 Å². The summed E-state index contributed by atoms with van der Waals surface area (Å²) in [7, 11) is 0. The number of para-hydroxylation sites is 2. The molecule has 48 heavy (non-hydrogen) atoms. The number of carbonyl (C=O) groups excluding carboxylic acids is 3. The quantitative estimate of drug-likeness (QED) is 0.118. The van der Waals surface area contributed by atoms with E-state index in [0.717, 1.165) is 55.6 Å². The summed E-state index contributed by atoms with van der Waals surface area (Å²) in [5.41, 5.74) is 9.87. The number of amides is 3. The first-order valence-corrected chi connectivity index (χ1v) is 18.0. The lowest BCUT2D eigenvalue weighted by Gasteiger charge is -2.24. The SMILES string of the molecule is Cc1nc2ccccc2n1CCCCc1ccc([C@@H](C)C(=O)N[C@@H](CO)C(=O)N[C@@H](CCCCN)C(=O)NCCC2CCCCC2)cc1. The first-order valence-electron chi connectivity index (χ1n) is 18.0. The van der Waals surface area contributed by atoms with Crippen molar-refractivity contribution in [2.45, 2.75) is 115 Å². The van der Waals surface area contributed by atoms with Gasteiger partial charge < -0.3 is 31.4 Å². The van der Waals surface area contributed by atoms with Crippen LogP contribution in [0.15, 0.2) is 48.5 Å². The van der Waals surface area contributed by atoms with Gasteiger partial charge in [-0.1, -0.05) is 68.5 Å². The molecule has 3 atom stereocenters. The lowest BCUT2D eigenvalue weighted by molar-refractivity contribution is -0.133. The zero-order valence-electron chi connectivity index (χ0n) is 28.9. The van der Waals surface area contributed by atoms with Crippen molar-refractivity contribution in [3.63, 3.8) is 0 Å². The van der Waals surface area contributed by atoms with Crippen LogP contribution in [0.2, 0.25) is 0 Å². The minimum atomic E-state index is -1.16. The van der Waals surface area contributed by atoms with Crippen molar-refractivity contribution in [1.82, 2.24) is 25.5 Å². The van der Waals surface area contributed by atoms with Gasteiger partial charge in [-0.25, -0.2) is 4.98 Å². The number of nitrogens with two attached hydrogens (primary N) is 1. The van der Waals surface area contributed by atoms with Gasteiger partial charge in [-0.3, -0.25) is 14.4 Å². The molecule has 0 unspecified atom stereocenters. The van der Waals surface area contributed by atoms with Crippen LogP contribution in [0, 0.1) is 12.8 Å². The van der Waals surface area contributed by atoms with Gasteiger partial charge in [-0.15, -0.1) is 0 Å². The van der Waals surface area contributed by atoms with E-state index in [1.54, 1.807) is 6.92 Å². The van der Waals surface area contributed by atoms with Crippen molar-refractivity contribution in [1.29, 1.82) is 0 Å². The fraction of sp³-hybridized carbons (Fsp3) is 0.579. The highest BCUT2D eigenvalue weighted by Crippen LogP contribution is 2.26. The van der Waals surface area contributed by atoms with Crippen LogP contribution in [0.3, 0.4) is 0 Å². The number of unbranched alkanes of at least 4 members (excludes halogenated alkanes) is 2. The summed E-state index contributed by atoms with van der Waals surface area (Å²) in [4.78, 5) is 44.0. The molecular formula is C38H56N6O4. The van der Waals surface area contributed by atoms with Crippen LogP contribution in [0.1, 0.15) is 100 Å². The molecule has 3 amide bonds. The second kappa shape index (κ2) is 19.3. The van der Waals surface area contributed by atoms with E-state index in [1.165, 1.54) is 43.2 Å². The molecule has 10 nitrogen and oxygen atoms in total. The Morgan fingerprint density at radius 1 is 0.917 bits per heavy atom. The maximum atomic E-state index is 13.2. The Hall–Kier alpha value is -3.76. The van der Waals surface area contributed by atoms with Gasteiger partial charge in [0.15, 0.2) is 0 Å². The average molecular weight is 661 g/mol. The molecule has 1 aromatic heterocycles. The molecule has 1 fully saturated rings. The summed E-state index contributed by atoms with van der Waals surface area (Å²) in [6, 6.07) is 14.3. The highest BCUT2D eigenvalue weighted by molar-refractivity contribution is 5.93. The predicted molar refractivity (Wildman–Crippen MR) is 190 cm³/mol. The third-order valence-electron chi connectivity index (χ3n) is 9.79. The number of hydrogen-bond donors (Lipinski definition) is 5. The van der Waals surface area contributed by atoms with Crippen molar-refractivity contribution < 1.29 is 19.5 Å². The van der Waals surface area contributed by atoms with Crippen LogP contribution in [0.5, 0.6) is 0 Å². The molecular weight excluding hydrogens is 604 g/mol. The minimum absolute atomic E-state index is 0.238. The van der Waals surface area contributed by atoms with Crippen molar-refractivity contribution in [3.8, 4) is 0 Å². The molecule has 1 heterocycles. The van der Waals surface area contributed by atoms with Gasteiger partial charge in [-0.2, -0.15) is 0 Å². The standard InChI is InChI=1S/C38H56N6O4/c1-27(31-20-18-30(19-21-31)14-9-11-25-44-28(2)41-32-15-6-7-17-35(32)44)36(46)43-34(26-45)38(48)42-33(16-8-10-23-39)37(47)40-24-22-29-12-4-3-5-13-29/h6-7,15,17-21,27,29,33-34,45H,3-5,8-14,16,22-26,39H2,1-2H3,(H,40,47)(H,42,48)(H,43,46)/t27-,33+,34+/m1/s1. The van der Waals surface area contributed by atoms with E-state index >= 15 is 0 Å². The number of imidazole rings is 1. The smallest absolute Gasteiger partial charge is 0.245 e. The molecule has 0 bridgehead atoms. The molecule has 2 aromatic carbocycles. The number of aryl methyl sites for hydroxylation is 3. The Bertz CT molecular complexity index is 1450. The number of aliphatic hydroxyl groups excluding tert-OH is 1. The highest BCUT2D eigenvalue weighted by atomic mass is 16.3. The monoisotopic (exact) mass is 660 g/mol. The van der Waals surface area contributed by atoms with Gasteiger partial charge in [0.25, 0.3) is 0 Å². The Morgan fingerprint density at radius 2 is 1.65 bits per heavy atom. The zero-order chi connectivity index (χ0) is 34.3. The molecule has 262 valence electrons. The van der Waals surface area contributed by atoms with Gasteiger partial charge in [-0.05, 0) is 94.5 Å². The van der Waals surface area contributed by atoms with E-state index in [0.29, 0.717) is 31.8 Å². The lowest BCUT2D eigenvalue weighted by Crippen LogP contribution is -2.55. The summed E-state index contributed by atoms with van der Waals surface area (Å²) >= 11 is 0. The van der Waals surface area contributed by atoms with E-state index in [9.17, 15) is 19.5 Å². The van der Waals surface area contributed by atoms with Crippen LogP contribution in [-0.2, 0) is 27.3 Å². The summed E-state index contributed by atoms with van der Waals surface area (Å²) < 4.78 is 2.27. The van der Waals surface area contributed by atoms with E-state index in [4.69, 9.17) is 5.73 Å². The number of aromatic nitrogens is 2. The largest absolute Gasteiger partial charge is 0.394 e. The minimum Gasteiger partial charge on any atom is -0.394 e.